The fourth-order valence-electron chi connectivity index (χ4n) is 8.80. The number of benzene rings is 2. The molecule has 76 heavy (non-hydrogen) atoms. The molecule has 2 aromatic heterocycles. The van der Waals surface area contributed by atoms with Crippen LogP contribution in [0.4, 0.5) is 48.3 Å². The Kier molecular flexibility index (Phi) is 21.2. The number of halogens is 11. The van der Waals surface area contributed by atoms with Gasteiger partial charge in [0.05, 0.1) is 35.8 Å². The van der Waals surface area contributed by atoms with Crippen molar-refractivity contribution in [3.8, 4) is 11.1 Å². The number of carbonyl (C=O) groups excluding carboxylic acids is 3. The van der Waals surface area contributed by atoms with Gasteiger partial charge in [0.25, 0.3) is 11.1 Å². The summed E-state index contributed by atoms with van der Waals surface area (Å²) in [6.45, 7) is 10.1. The van der Waals surface area contributed by atoms with E-state index in [0.717, 1.165) is 17.0 Å². The highest BCUT2D eigenvalue weighted by Crippen LogP contribution is 2.42. The quantitative estimate of drug-likeness (QED) is 0.0570. The lowest BCUT2D eigenvalue weighted by Gasteiger charge is -2.28. The van der Waals surface area contributed by atoms with Crippen LogP contribution in [0, 0.1) is 37.3 Å². The summed E-state index contributed by atoms with van der Waals surface area (Å²) in [6.07, 6.45) is -15.6. The van der Waals surface area contributed by atoms with Crippen LogP contribution in [-0.2, 0) is 55.2 Å². The third kappa shape index (κ3) is 16.2. The summed E-state index contributed by atoms with van der Waals surface area (Å²) in [5, 5.41) is 2.24. The molecule has 0 aliphatic carbocycles. The van der Waals surface area contributed by atoms with Crippen LogP contribution >= 0.6 is 0 Å². The van der Waals surface area contributed by atoms with Crippen LogP contribution in [0.3, 0.4) is 0 Å². The Labute approximate surface area is 433 Å². The SMILES string of the molecule is CCOC(=O)C[C@H](NC(=O)C(CC(C)C)n1cc(CCN(C)CCOC(=O)C(CC(C)C)n2cc(CCN(C)C)c(C(F)(F)F)cc2=O)c(C(F)(F)F)cc1=O)c1c(F)c(-c2c(C)cccc2C)cc(C(F)(F)F)c1F. The Morgan fingerprint density at radius 3 is 1.63 bits per heavy atom. The van der Waals surface area contributed by atoms with E-state index < -0.39 is 129 Å². The molecule has 0 aliphatic heterocycles. The molecule has 2 unspecified atom stereocenters. The van der Waals surface area contributed by atoms with Gasteiger partial charge in [-0.3, -0.25) is 19.2 Å². The normalized spacial score (nSPS) is 13.6. The Morgan fingerprint density at radius 2 is 1.16 bits per heavy atom. The predicted molar refractivity (Wildman–Crippen MR) is 261 cm³/mol. The van der Waals surface area contributed by atoms with E-state index in [-0.39, 0.29) is 81.3 Å². The Hall–Kier alpha value is -6.10. The zero-order chi connectivity index (χ0) is 57.4. The number of ether oxygens (including phenoxy) is 2. The zero-order valence-corrected chi connectivity index (χ0v) is 43.9. The lowest BCUT2D eigenvalue weighted by atomic mass is 9.89. The molecule has 0 spiro atoms. The number of carbonyl (C=O) groups is 3. The Bertz CT molecular complexity index is 2800. The van der Waals surface area contributed by atoms with Gasteiger partial charge in [0, 0.05) is 55.3 Å². The molecule has 0 saturated heterocycles. The number of pyridine rings is 2. The van der Waals surface area contributed by atoms with Crippen molar-refractivity contribution in [2.24, 2.45) is 11.8 Å². The fourth-order valence-corrected chi connectivity index (χ4v) is 8.80. The van der Waals surface area contributed by atoms with E-state index in [0.29, 0.717) is 21.8 Å². The average Bonchev–Trinajstić information content (AvgIpc) is 3.28. The first kappa shape index (κ1) is 62.4. The van der Waals surface area contributed by atoms with E-state index >= 15 is 8.78 Å². The number of amides is 1. The van der Waals surface area contributed by atoms with Crippen molar-refractivity contribution < 1.29 is 72.2 Å². The van der Waals surface area contributed by atoms with Crippen LogP contribution < -0.4 is 16.4 Å². The number of nitrogens with zero attached hydrogens (tertiary/aromatic N) is 4. The minimum atomic E-state index is -5.42. The maximum absolute atomic E-state index is 16.9. The number of hydrogen-bond acceptors (Lipinski definition) is 9. The highest BCUT2D eigenvalue weighted by molar-refractivity contribution is 5.82. The summed E-state index contributed by atoms with van der Waals surface area (Å²) in [5.74, 6) is -7.91. The van der Waals surface area contributed by atoms with Gasteiger partial charge in [0.1, 0.15) is 30.3 Å². The lowest BCUT2D eigenvalue weighted by Crippen LogP contribution is -2.41. The van der Waals surface area contributed by atoms with Crippen molar-refractivity contribution in [2.75, 3.05) is 54.0 Å². The van der Waals surface area contributed by atoms with Crippen molar-refractivity contribution in [1.82, 2.24) is 24.3 Å². The molecule has 1 amide bonds. The van der Waals surface area contributed by atoms with Crippen LogP contribution in [0.1, 0.15) is 117 Å². The number of hydrogen-bond donors (Lipinski definition) is 1. The molecular weight excluding hydrogens is 1030 g/mol. The maximum atomic E-state index is 16.9. The second kappa shape index (κ2) is 25.8. The second-order valence-electron chi connectivity index (χ2n) is 19.8. The first-order chi connectivity index (χ1) is 35.2. The number of nitrogens with one attached hydrogen (secondary N) is 1. The van der Waals surface area contributed by atoms with Crippen LogP contribution in [0.5, 0.6) is 0 Å². The van der Waals surface area contributed by atoms with Gasteiger partial charge in [0.2, 0.25) is 5.91 Å². The molecule has 0 aliphatic rings. The molecule has 3 atom stereocenters. The number of alkyl halides is 9. The van der Waals surface area contributed by atoms with Crippen LogP contribution in [-0.4, -0.2) is 90.8 Å². The number of aromatic nitrogens is 2. The van der Waals surface area contributed by atoms with Gasteiger partial charge >= 0.3 is 30.5 Å². The van der Waals surface area contributed by atoms with Crippen molar-refractivity contribution in [3.05, 3.63) is 126 Å². The summed E-state index contributed by atoms with van der Waals surface area (Å²) in [4.78, 5) is 70.9. The van der Waals surface area contributed by atoms with E-state index in [1.54, 1.807) is 52.8 Å². The monoisotopic (exact) mass is 1090 g/mol. The molecule has 0 radical (unpaired) electrons. The Morgan fingerprint density at radius 1 is 0.671 bits per heavy atom. The maximum Gasteiger partial charge on any atom is 0.419 e. The molecule has 2 aromatic carbocycles. The van der Waals surface area contributed by atoms with E-state index in [1.807, 2.05) is 0 Å². The summed E-state index contributed by atoms with van der Waals surface area (Å²) in [6, 6.07) is 0.148. The summed E-state index contributed by atoms with van der Waals surface area (Å²) >= 11 is 0. The number of aryl methyl sites for hydroxylation is 2. The standard InChI is InChI=1S/C53H64F11N5O7/c1-11-75-44(72)26-39(46-47(54)35(23-38(48(46)55)53(62,63)64)45-31(6)13-12-14-32(45)7)65-49(73)40(21-29(2)3)68-27-34(37(24-42(68)70)52(59,60)61)16-18-67(10)19-20-76-50(74)41(22-30(4)5)69-28-33(15-17-66(8)9)36(25-43(69)71)51(56,57)58/h12-14,23-25,27-30,39-41H,11,15-22,26H2,1-10H3,(H,65,73)/t39-,40?,41?/m0/s1. The van der Waals surface area contributed by atoms with E-state index in [2.05, 4.69) is 5.32 Å². The van der Waals surface area contributed by atoms with Crippen LogP contribution in [0.15, 0.2) is 58.4 Å². The molecule has 4 aromatic rings. The minimum absolute atomic E-state index is 0.00147. The predicted octanol–water partition coefficient (Wildman–Crippen LogP) is 10.4. The first-order valence-electron chi connectivity index (χ1n) is 24.4. The highest BCUT2D eigenvalue weighted by Gasteiger charge is 2.42. The van der Waals surface area contributed by atoms with Crippen molar-refractivity contribution in [2.45, 2.75) is 117 Å². The van der Waals surface area contributed by atoms with Crippen molar-refractivity contribution in [1.29, 1.82) is 0 Å². The fraction of sp³-hybridized carbons (Fsp3) is 0.528. The molecular formula is C53H64F11N5O7. The van der Waals surface area contributed by atoms with Gasteiger partial charge < -0.3 is 33.7 Å². The van der Waals surface area contributed by atoms with E-state index in [1.165, 1.54) is 44.9 Å². The summed E-state index contributed by atoms with van der Waals surface area (Å²) in [7, 11) is 4.76. The second-order valence-corrected chi connectivity index (χ2v) is 19.8. The zero-order valence-electron chi connectivity index (χ0n) is 43.9. The van der Waals surface area contributed by atoms with Crippen LogP contribution in [0.2, 0.25) is 0 Å². The first-order valence-corrected chi connectivity index (χ1v) is 24.4. The lowest BCUT2D eigenvalue weighted by molar-refractivity contribution is -0.149. The highest BCUT2D eigenvalue weighted by atomic mass is 19.4. The molecule has 2 heterocycles. The number of likely N-dealkylation sites (N-methyl/N-ethyl adjacent to an activating group) is 2. The van der Waals surface area contributed by atoms with Gasteiger partial charge in [-0.05, 0) is 113 Å². The number of esters is 2. The molecule has 23 heteroatoms. The van der Waals surface area contributed by atoms with Gasteiger partial charge in [-0.15, -0.1) is 0 Å². The van der Waals surface area contributed by atoms with Gasteiger partial charge in [0.15, 0.2) is 0 Å². The third-order valence-corrected chi connectivity index (χ3v) is 12.5. The molecule has 4 rings (SSSR count). The van der Waals surface area contributed by atoms with Crippen molar-refractivity contribution in [3.63, 3.8) is 0 Å². The minimum Gasteiger partial charge on any atom is -0.466 e. The molecule has 420 valence electrons. The summed E-state index contributed by atoms with van der Waals surface area (Å²) in [5.41, 5.74) is -9.11. The van der Waals surface area contributed by atoms with Crippen LogP contribution in [0.25, 0.3) is 11.1 Å². The van der Waals surface area contributed by atoms with Crippen molar-refractivity contribution >= 4 is 17.8 Å². The average molecular weight is 1090 g/mol. The smallest absolute Gasteiger partial charge is 0.419 e. The third-order valence-electron chi connectivity index (χ3n) is 12.5. The van der Waals surface area contributed by atoms with Gasteiger partial charge in [-0.1, -0.05) is 45.9 Å². The van der Waals surface area contributed by atoms with E-state index in [4.69, 9.17) is 9.47 Å². The molecule has 12 nitrogen and oxygen atoms in total. The van der Waals surface area contributed by atoms with Gasteiger partial charge in [-0.2, -0.15) is 39.5 Å². The van der Waals surface area contributed by atoms with Gasteiger partial charge in [-0.25, -0.2) is 13.6 Å². The molecule has 0 saturated carbocycles. The molecule has 1 N–H and O–H groups in total. The molecule has 0 bridgehead atoms. The Balaban J connectivity index is 1.69. The number of rotatable bonds is 23. The largest absolute Gasteiger partial charge is 0.466 e. The molecule has 0 fully saturated rings. The topological polar surface area (TPSA) is 132 Å². The summed E-state index contributed by atoms with van der Waals surface area (Å²) < 4.78 is 175. The van der Waals surface area contributed by atoms with E-state index in [9.17, 15) is 63.5 Å².